The molecule has 0 saturated carbocycles. The molecule has 2 heterocycles. The van der Waals surface area contributed by atoms with E-state index in [2.05, 4.69) is 4.98 Å². The molecular weight excluding hydrogens is 252 g/mol. The zero-order valence-electron chi connectivity index (χ0n) is 9.34. The Morgan fingerprint density at radius 3 is 3.00 bits per heavy atom. The molecule has 90 valence electrons. The highest BCUT2D eigenvalue weighted by Crippen LogP contribution is 2.17. The highest BCUT2D eigenvalue weighted by Gasteiger charge is 2.08. The van der Waals surface area contributed by atoms with Crippen molar-refractivity contribution in [3.8, 4) is 0 Å². The van der Waals surface area contributed by atoms with Crippen molar-refractivity contribution in [2.24, 2.45) is 0 Å². The van der Waals surface area contributed by atoms with E-state index in [1.807, 2.05) is 6.07 Å². The smallest absolute Gasteiger partial charge is 0.263 e. The largest absolute Gasteiger partial charge is 0.472 e. The maximum Gasteiger partial charge on any atom is 0.263 e. The average Bonchev–Trinajstić information content (AvgIpc) is 2.86. The fourth-order valence-corrected chi connectivity index (χ4v) is 2.10. The van der Waals surface area contributed by atoms with Gasteiger partial charge in [0.2, 0.25) is 0 Å². The molecule has 0 aliphatic heterocycles. The number of rotatable bonds is 2. The van der Waals surface area contributed by atoms with Gasteiger partial charge in [0, 0.05) is 5.56 Å². The number of aromatic nitrogens is 2. The van der Waals surface area contributed by atoms with Crippen molar-refractivity contribution in [3.05, 3.63) is 64.1 Å². The predicted octanol–water partition coefficient (Wildman–Crippen LogP) is 2.69. The first kappa shape index (κ1) is 11.0. The van der Waals surface area contributed by atoms with Gasteiger partial charge in [-0.25, -0.2) is 4.98 Å². The Hall–Kier alpha value is -2.07. The third-order valence-electron chi connectivity index (χ3n) is 2.74. The van der Waals surface area contributed by atoms with Crippen molar-refractivity contribution in [1.29, 1.82) is 0 Å². The second kappa shape index (κ2) is 4.31. The predicted molar refractivity (Wildman–Crippen MR) is 68.8 cm³/mol. The van der Waals surface area contributed by atoms with E-state index >= 15 is 0 Å². The summed E-state index contributed by atoms with van der Waals surface area (Å²) in [4.78, 5) is 16.5. The van der Waals surface area contributed by atoms with Gasteiger partial charge in [0.05, 0.1) is 41.3 Å². The first-order valence-corrected chi connectivity index (χ1v) is 5.78. The summed E-state index contributed by atoms with van der Waals surface area (Å²) in [5.74, 6) is 0. The van der Waals surface area contributed by atoms with Gasteiger partial charge in [-0.05, 0) is 18.2 Å². The molecular formula is C13H9ClN2O2. The molecule has 0 aliphatic carbocycles. The molecule has 0 saturated heterocycles. The van der Waals surface area contributed by atoms with Crippen LogP contribution in [0.15, 0.2) is 52.3 Å². The fourth-order valence-electron chi connectivity index (χ4n) is 1.85. The second-order valence-corrected chi connectivity index (χ2v) is 4.35. The molecule has 3 rings (SSSR count). The summed E-state index contributed by atoms with van der Waals surface area (Å²) in [6, 6.07) is 7.04. The van der Waals surface area contributed by atoms with E-state index in [0.717, 1.165) is 5.56 Å². The van der Waals surface area contributed by atoms with E-state index in [1.165, 1.54) is 10.9 Å². The fraction of sp³-hybridized carbons (Fsp3) is 0.0769. The minimum absolute atomic E-state index is 0.146. The minimum atomic E-state index is -0.146. The Balaban J connectivity index is 2.17. The Labute approximate surface area is 107 Å². The molecule has 3 aromatic rings. The van der Waals surface area contributed by atoms with Gasteiger partial charge in [-0.2, -0.15) is 0 Å². The van der Waals surface area contributed by atoms with Crippen molar-refractivity contribution in [3.63, 3.8) is 0 Å². The van der Waals surface area contributed by atoms with E-state index in [-0.39, 0.29) is 5.56 Å². The van der Waals surface area contributed by atoms with Crippen LogP contribution in [0.4, 0.5) is 0 Å². The lowest BCUT2D eigenvalue weighted by molar-refractivity contribution is 0.561. The number of furan rings is 1. The molecule has 0 aliphatic rings. The molecule has 0 amide bonds. The molecule has 0 atom stereocenters. The molecule has 18 heavy (non-hydrogen) atoms. The lowest BCUT2D eigenvalue weighted by atomic mass is 10.2. The van der Waals surface area contributed by atoms with Gasteiger partial charge in [-0.3, -0.25) is 9.36 Å². The van der Waals surface area contributed by atoms with Crippen molar-refractivity contribution in [2.75, 3.05) is 0 Å². The van der Waals surface area contributed by atoms with Crippen LogP contribution in [0.25, 0.3) is 10.9 Å². The number of hydrogen-bond acceptors (Lipinski definition) is 3. The van der Waals surface area contributed by atoms with Gasteiger partial charge >= 0.3 is 0 Å². The van der Waals surface area contributed by atoms with Crippen LogP contribution in [0, 0.1) is 0 Å². The van der Waals surface area contributed by atoms with E-state index in [9.17, 15) is 4.79 Å². The Kier molecular flexibility index (Phi) is 2.64. The molecule has 0 N–H and O–H groups in total. The van der Waals surface area contributed by atoms with Gasteiger partial charge in [0.15, 0.2) is 0 Å². The topological polar surface area (TPSA) is 48.0 Å². The van der Waals surface area contributed by atoms with Crippen LogP contribution in [-0.2, 0) is 6.54 Å². The highest BCUT2D eigenvalue weighted by atomic mass is 35.5. The van der Waals surface area contributed by atoms with Crippen LogP contribution in [0.2, 0.25) is 5.02 Å². The third-order valence-corrected chi connectivity index (χ3v) is 3.05. The maximum atomic E-state index is 12.3. The first-order chi connectivity index (χ1) is 8.75. The molecule has 4 nitrogen and oxygen atoms in total. The van der Waals surface area contributed by atoms with Crippen molar-refractivity contribution in [1.82, 2.24) is 9.55 Å². The normalized spacial score (nSPS) is 10.9. The zero-order valence-corrected chi connectivity index (χ0v) is 10.1. The summed E-state index contributed by atoms with van der Waals surface area (Å²) >= 11 is 6.04. The summed E-state index contributed by atoms with van der Waals surface area (Å²) in [6.45, 7) is 0.420. The lowest BCUT2D eigenvalue weighted by Crippen LogP contribution is -2.21. The number of fused-ring (bicyclic) bond motifs is 1. The lowest BCUT2D eigenvalue weighted by Gasteiger charge is -2.05. The summed E-state index contributed by atoms with van der Waals surface area (Å²) in [6.07, 6.45) is 4.69. The van der Waals surface area contributed by atoms with Crippen LogP contribution in [-0.4, -0.2) is 9.55 Å². The monoisotopic (exact) mass is 260 g/mol. The Morgan fingerprint density at radius 2 is 2.22 bits per heavy atom. The Morgan fingerprint density at radius 1 is 1.33 bits per heavy atom. The van der Waals surface area contributed by atoms with Crippen molar-refractivity contribution in [2.45, 2.75) is 6.54 Å². The van der Waals surface area contributed by atoms with E-state index in [0.29, 0.717) is 22.5 Å². The molecule has 5 heteroatoms. The zero-order chi connectivity index (χ0) is 12.5. The average molecular weight is 261 g/mol. The van der Waals surface area contributed by atoms with Crippen LogP contribution in [0.1, 0.15) is 5.56 Å². The van der Waals surface area contributed by atoms with Crippen LogP contribution < -0.4 is 5.56 Å². The molecule has 0 spiro atoms. The van der Waals surface area contributed by atoms with E-state index in [1.54, 1.807) is 30.7 Å². The van der Waals surface area contributed by atoms with Crippen molar-refractivity contribution < 1.29 is 4.42 Å². The summed E-state index contributed by atoms with van der Waals surface area (Å²) in [5.41, 5.74) is 1.37. The van der Waals surface area contributed by atoms with Gasteiger partial charge in [0.1, 0.15) is 0 Å². The molecule has 0 unspecified atom stereocenters. The quantitative estimate of drug-likeness (QED) is 0.712. The van der Waals surface area contributed by atoms with Gasteiger partial charge in [-0.1, -0.05) is 17.7 Å². The van der Waals surface area contributed by atoms with Crippen LogP contribution in [0.3, 0.4) is 0 Å². The highest BCUT2D eigenvalue weighted by molar-refractivity contribution is 6.35. The van der Waals surface area contributed by atoms with Crippen LogP contribution in [0.5, 0.6) is 0 Å². The summed E-state index contributed by atoms with van der Waals surface area (Å²) < 4.78 is 6.49. The minimum Gasteiger partial charge on any atom is -0.472 e. The standard InChI is InChI=1S/C13H9ClN2O2/c14-10-2-1-3-11-12(10)13(17)16(8-15-11)6-9-4-5-18-7-9/h1-5,7-8H,6H2. The van der Waals surface area contributed by atoms with Gasteiger partial charge in [0.25, 0.3) is 5.56 Å². The number of hydrogen-bond donors (Lipinski definition) is 0. The second-order valence-electron chi connectivity index (χ2n) is 3.94. The van der Waals surface area contributed by atoms with Crippen molar-refractivity contribution >= 4 is 22.5 Å². The van der Waals surface area contributed by atoms with Gasteiger partial charge < -0.3 is 4.42 Å². The Bertz CT molecular complexity index is 747. The van der Waals surface area contributed by atoms with Gasteiger partial charge in [-0.15, -0.1) is 0 Å². The maximum absolute atomic E-state index is 12.3. The molecule has 2 aromatic heterocycles. The molecule has 0 fully saturated rings. The number of halogens is 1. The number of benzene rings is 1. The third kappa shape index (κ3) is 1.80. The summed E-state index contributed by atoms with van der Waals surface area (Å²) in [7, 11) is 0. The molecule has 0 bridgehead atoms. The molecule has 0 radical (unpaired) electrons. The van der Waals surface area contributed by atoms with E-state index in [4.69, 9.17) is 16.0 Å². The van der Waals surface area contributed by atoms with E-state index < -0.39 is 0 Å². The first-order valence-electron chi connectivity index (χ1n) is 5.40. The van der Waals surface area contributed by atoms with Crippen LogP contribution >= 0.6 is 11.6 Å². The molecule has 1 aromatic carbocycles. The summed E-state index contributed by atoms with van der Waals surface area (Å²) in [5, 5.41) is 0.872. The number of nitrogens with zero attached hydrogens (tertiary/aromatic N) is 2. The SMILES string of the molecule is O=c1c2c(Cl)cccc2ncn1Cc1ccoc1.